The molecule has 0 fully saturated rings. The Labute approximate surface area is 97.2 Å². The normalized spacial score (nSPS) is 14.6. The lowest BCUT2D eigenvalue weighted by Gasteiger charge is -2.28. The largest absolute Gasteiger partial charge is 0.496 e. The Kier molecular flexibility index (Phi) is 3.94. The summed E-state index contributed by atoms with van der Waals surface area (Å²) >= 11 is 0. The van der Waals surface area contributed by atoms with Gasteiger partial charge >= 0.3 is 0 Å². The fraction of sp³-hybridized carbons (Fsp3) is 0.538. The van der Waals surface area contributed by atoms with Gasteiger partial charge in [0.1, 0.15) is 5.75 Å². The van der Waals surface area contributed by atoms with Crippen molar-refractivity contribution < 1.29 is 9.84 Å². The van der Waals surface area contributed by atoms with Crippen molar-refractivity contribution in [2.75, 3.05) is 13.7 Å². The van der Waals surface area contributed by atoms with E-state index in [9.17, 15) is 0 Å². The molecule has 1 unspecified atom stereocenters. The number of hydrogen-bond acceptors (Lipinski definition) is 3. The average molecular weight is 223 g/mol. The summed E-state index contributed by atoms with van der Waals surface area (Å²) in [5.74, 6) is 0.802. The van der Waals surface area contributed by atoms with Crippen LogP contribution in [0.25, 0.3) is 0 Å². The highest BCUT2D eigenvalue weighted by molar-refractivity contribution is 5.47. The summed E-state index contributed by atoms with van der Waals surface area (Å²) in [5, 5.41) is 9.05. The number of aliphatic hydroxyl groups excluding tert-OH is 1. The number of hydrogen-bond donors (Lipinski definition) is 2. The molecular formula is C13H21NO2. The fourth-order valence-electron chi connectivity index (χ4n) is 2.18. The first-order valence-electron chi connectivity index (χ1n) is 5.48. The summed E-state index contributed by atoms with van der Waals surface area (Å²) < 4.78 is 5.38. The molecule has 0 saturated carbocycles. The van der Waals surface area contributed by atoms with E-state index in [2.05, 4.69) is 6.07 Å². The van der Waals surface area contributed by atoms with Gasteiger partial charge in [-0.25, -0.2) is 0 Å². The van der Waals surface area contributed by atoms with Crippen molar-refractivity contribution in [3.05, 3.63) is 28.8 Å². The van der Waals surface area contributed by atoms with E-state index in [1.54, 1.807) is 7.11 Å². The predicted molar refractivity (Wildman–Crippen MR) is 65.7 cm³/mol. The van der Waals surface area contributed by atoms with Crippen LogP contribution in [0.5, 0.6) is 5.75 Å². The Morgan fingerprint density at radius 2 is 2.00 bits per heavy atom. The summed E-state index contributed by atoms with van der Waals surface area (Å²) in [4.78, 5) is 0. The van der Waals surface area contributed by atoms with Crippen molar-refractivity contribution >= 4 is 0 Å². The van der Waals surface area contributed by atoms with Crippen molar-refractivity contribution in [3.8, 4) is 5.75 Å². The lowest BCUT2D eigenvalue weighted by atomic mass is 9.85. The molecule has 0 amide bonds. The molecular weight excluding hydrogens is 202 g/mol. The first-order valence-corrected chi connectivity index (χ1v) is 5.48. The molecule has 0 aliphatic rings. The third kappa shape index (κ3) is 2.54. The average Bonchev–Trinajstić information content (AvgIpc) is 2.15. The van der Waals surface area contributed by atoms with Crippen LogP contribution in [0.4, 0.5) is 0 Å². The molecule has 1 atom stereocenters. The van der Waals surface area contributed by atoms with Gasteiger partial charge in [-0.1, -0.05) is 6.07 Å². The maximum atomic E-state index is 9.05. The SMILES string of the molecule is COc1cc(C)cc(C)c1C(C)(N)CCO. The Morgan fingerprint density at radius 3 is 2.50 bits per heavy atom. The van der Waals surface area contributed by atoms with E-state index in [1.807, 2.05) is 26.8 Å². The number of ether oxygens (including phenoxy) is 1. The minimum atomic E-state index is -0.558. The zero-order chi connectivity index (χ0) is 12.3. The molecule has 0 aliphatic carbocycles. The monoisotopic (exact) mass is 223 g/mol. The highest BCUT2D eigenvalue weighted by Gasteiger charge is 2.26. The Bertz CT molecular complexity index is 372. The third-order valence-corrected chi connectivity index (χ3v) is 2.87. The standard InChI is InChI=1S/C13H21NO2/c1-9-7-10(2)12(11(8-9)16-4)13(3,14)5-6-15/h7-8,15H,5-6,14H2,1-4H3. The van der Waals surface area contributed by atoms with Crippen LogP contribution >= 0.6 is 0 Å². The summed E-state index contributed by atoms with van der Waals surface area (Å²) in [6.45, 7) is 6.04. The lowest BCUT2D eigenvalue weighted by molar-refractivity contribution is 0.244. The minimum Gasteiger partial charge on any atom is -0.496 e. The molecule has 0 saturated heterocycles. The molecule has 3 heteroatoms. The zero-order valence-corrected chi connectivity index (χ0v) is 10.5. The summed E-state index contributed by atoms with van der Waals surface area (Å²) in [7, 11) is 1.65. The van der Waals surface area contributed by atoms with E-state index in [0.717, 1.165) is 22.4 Å². The van der Waals surface area contributed by atoms with Gasteiger partial charge in [-0.05, 0) is 44.4 Å². The van der Waals surface area contributed by atoms with Crippen molar-refractivity contribution in [1.82, 2.24) is 0 Å². The van der Waals surface area contributed by atoms with Crippen molar-refractivity contribution in [2.45, 2.75) is 32.7 Å². The topological polar surface area (TPSA) is 55.5 Å². The number of nitrogens with two attached hydrogens (primary N) is 1. The molecule has 0 aromatic heterocycles. The van der Waals surface area contributed by atoms with E-state index in [0.29, 0.717) is 6.42 Å². The van der Waals surface area contributed by atoms with Gasteiger partial charge in [-0.15, -0.1) is 0 Å². The first-order chi connectivity index (χ1) is 7.42. The predicted octanol–water partition coefficient (Wildman–Crippen LogP) is 1.87. The maximum absolute atomic E-state index is 9.05. The fourth-order valence-corrected chi connectivity index (χ4v) is 2.18. The van der Waals surface area contributed by atoms with Crippen molar-refractivity contribution in [1.29, 1.82) is 0 Å². The number of benzene rings is 1. The van der Waals surface area contributed by atoms with Gasteiger partial charge in [0.2, 0.25) is 0 Å². The van der Waals surface area contributed by atoms with Gasteiger partial charge < -0.3 is 15.6 Å². The van der Waals surface area contributed by atoms with E-state index >= 15 is 0 Å². The Morgan fingerprint density at radius 1 is 1.38 bits per heavy atom. The minimum absolute atomic E-state index is 0.0729. The quantitative estimate of drug-likeness (QED) is 0.819. The van der Waals surface area contributed by atoms with Crippen molar-refractivity contribution in [2.24, 2.45) is 5.73 Å². The molecule has 1 aromatic rings. The van der Waals surface area contributed by atoms with Crippen LogP contribution in [0.3, 0.4) is 0 Å². The van der Waals surface area contributed by atoms with Gasteiger partial charge in [0.15, 0.2) is 0 Å². The molecule has 0 heterocycles. The van der Waals surface area contributed by atoms with Gasteiger partial charge in [0.25, 0.3) is 0 Å². The molecule has 90 valence electrons. The van der Waals surface area contributed by atoms with Crippen LogP contribution in [-0.2, 0) is 5.54 Å². The third-order valence-electron chi connectivity index (χ3n) is 2.87. The molecule has 0 radical (unpaired) electrons. The maximum Gasteiger partial charge on any atom is 0.124 e. The second-order valence-corrected chi connectivity index (χ2v) is 4.55. The van der Waals surface area contributed by atoms with Crippen LogP contribution in [0.2, 0.25) is 0 Å². The van der Waals surface area contributed by atoms with Crippen LogP contribution in [0.1, 0.15) is 30.0 Å². The molecule has 0 spiro atoms. The molecule has 3 nitrogen and oxygen atoms in total. The molecule has 16 heavy (non-hydrogen) atoms. The highest BCUT2D eigenvalue weighted by Crippen LogP contribution is 2.34. The number of aliphatic hydroxyl groups is 1. The molecule has 0 bridgehead atoms. The Hall–Kier alpha value is -1.06. The molecule has 3 N–H and O–H groups in total. The molecule has 1 rings (SSSR count). The van der Waals surface area contributed by atoms with Gasteiger partial charge in [0.05, 0.1) is 7.11 Å². The first kappa shape index (κ1) is 13.0. The number of rotatable bonds is 4. The molecule has 0 aliphatic heterocycles. The van der Waals surface area contributed by atoms with Crippen molar-refractivity contribution in [3.63, 3.8) is 0 Å². The number of aryl methyl sites for hydroxylation is 2. The van der Waals surface area contributed by atoms with Gasteiger partial charge in [-0.3, -0.25) is 0 Å². The highest BCUT2D eigenvalue weighted by atomic mass is 16.5. The second kappa shape index (κ2) is 4.85. The zero-order valence-electron chi connectivity index (χ0n) is 10.5. The van der Waals surface area contributed by atoms with Crippen LogP contribution in [0, 0.1) is 13.8 Å². The second-order valence-electron chi connectivity index (χ2n) is 4.55. The van der Waals surface area contributed by atoms with E-state index in [1.165, 1.54) is 0 Å². The lowest BCUT2D eigenvalue weighted by Crippen LogP contribution is -2.35. The van der Waals surface area contributed by atoms with E-state index in [-0.39, 0.29) is 6.61 Å². The smallest absolute Gasteiger partial charge is 0.124 e. The van der Waals surface area contributed by atoms with E-state index < -0.39 is 5.54 Å². The molecule has 1 aromatic carbocycles. The number of methoxy groups -OCH3 is 1. The van der Waals surface area contributed by atoms with Crippen LogP contribution < -0.4 is 10.5 Å². The Balaban J connectivity index is 3.31. The van der Waals surface area contributed by atoms with E-state index in [4.69, 9.17) is 15.6 Å². The van der Waals surface area contributed by atoms with Gasteiger partial charge in [-0.2, -0.15) is 0 Å². The van der Waals surface area contributed by atoms with Crippen LogP contribution in [0.15, 0.2) is 12.1 Å². The summed E-state index contributed by atoms with van der Waals surface area (Å²) in [6, 6.07) is 4.06. The summed E-state index contributed by atoms with van der Waals surface area (Å²) in [5.41, 5.74) is 8.92. The van der Waals surface area contributed by atoms with Gasteiger partial charge in [0, 0.05) is 17.7 Å². The summed E-state index contributed by atoms with van der Waals surface area (Å²) in [6.07, 6.45) is 0.521. The van der Waals surface area contributed by atoms with Crippen LogP contribution in [-0.4, -0.2) is 18.8 Å².